The van der Waals surface area contributed by atoms with Crippen LogP contribution in [0.15, 0.2) is 24.5 Å². The first-order valence-electron chi connectivity index (χ1n) is 6.98. The first-order valence-corrected chi connectivity index (χ1v) is 6.98. The Morgan fingerprint density at radius 3 is 3.00 bits per heavy atom. The summed E-state index contributed by atoms with van der Waals surface area (Å²) in [5.41, 5.74) is 3.49. The number of benzene rings is 1. The lowest BCUT2D eigenvalue weighted by molar-refractivity contribution is 0.262. The molecule has 19 heavy (non-hydrogen) atoms. The maximum Gasteiger partial charge on any atom is 0.0931 e. The number of rotatable bonds is 7. The average Bonchev–Trinajstić information content (AvgIpc) is 2.85. The van der Waals surface area contributed by atoms with Gasteiger partial charge < -0.3 is 15.2 Å². The second kappa shape index (κ2) is 6.68. The monoisotopic (exact) mass is 260 g/mol. The third-order valence-electron chi connectivity index (χ3n) is 3.58. The topological polar surface area (TPSA) is 44.0 Å². The fourth-order valence-electron chi connectivity index (χ4n) is 2.52. The van der Waals surface area contributed by atoms with Crippen LogP contribution in [-0.4, -0.2) is 42.1 Å². The van der Waals surface area contributed by atoms with Crippen molar-refractivity contribution in [2.75, 3.05) is 27.2 Å². The minimum atomic E-state index is 0.714. The van der Waals surface area contributed by atoms with Gasteiger partial charge in [-0.3, -0.25) is 0 Å². The smallest absolute Gasteiger partial charge is 0.0931 e. The summed E-state index contributed by atoms with van der Waals surface area (Å²) in [7, 11) is 4.21. The summed E-state index contributed by atoms with van der Waals surface area (Å²) in [4.78, 5) is 9.81. The van der Waals surface area contributed by atoms with Crippen LogP contribution in [0.2, 0.25) is 0 Å². The van der Waals surface area contributed by atoms with E-state index in [0.717, 1.165) is 30.7 Å². The number of aromatic nitrogens is 2. The van der Waals surface area contributed by atoms with E-state index in [1.807, 2.05) is 7.05 Å². The van der Waals surface area contributed by atoms with Gasteiger partial charge in [-0.15, -0.1) is 0 Å². The molecule has 0 spiro atoms. The quantitative estimate of drug-likeness (QED) is 0.802. The van der Waals surface area contributed by atoms with Gasteiger partial charge in [-0.1, -0.05) is 19.4 Å². The highest BCUT2D eigenvalue weighted by atomic mass is 15.1. The molecule has 0 bridgehead atoms. The van der Waals surface area contributed by atoms with Crippen LogP contribution in [-0.2, 0) is 6.54 Å². The van der Waals surface area contributed by atoms with E-state index < -0.39 is 0 Å². The molecule has 0 saturated carbocycles. The molecule has 0 aliphatic rings. The van der Waals surface area contributed by atoms with Gasteiger partial charge in [0, 0.05) is 13.1 Å². The molecule has 104 valence electrons. The Bertz CT molecular complexity index is 506. The van der Waals surface area contributed by atoms with Crippen molar-refractivity contribution in [3.8, 4) is 0 Å². The first kappa shape index (κ1) is 14.0. The molecule has 1 aromatic carbocycles. The van der Waals surface area contributed by atoms with E-state index in [4.69, 9.17) is 0 Å². The van der Waals surface area contributed by atoms with Gasteiger partial charge in [0.1, 0.15) is 0 Å². The molecule has 0 fully saturated rings. The molecule has 2 N–H and O–H groups in total. The molecule has 1 atom stereocenters. The van der Waals surface area contributed by atoms with Crippen LogP contribution < -0.4 is 5.32 Å². The number of fused-ring (bicyclic) bond motifs is 1. The molecule has 4 heteroatoms. The molecule has 1 aromatic heterocycles. The van der Waals surface area contributed by atoms with Crippen molar-refractivity contribution >= 4 is 11.0 Å². The Labute approximate surface area is 115 Å². The summed E-state index contributed by atoms with van der Waals surface area (Å²) < 4.78 is 0. The molecular formula is C15H24N4. The number of nitrogens with zero attached hydrogens (tertiary/aromatic N) is 2. The van der Waals surface area contributed by atoms with E-state index in [1.165, 1.54) is 12.0 Å². The molecule has 0 saturated heterocycles. The molecule has 0 aliphatic heterocycles. The Kier molecular flexibility index (Phi) is 4.93. The van der Waals surface area contributed by atoms with Crippen molar-refractivity contribution < 1.29 is 0 Å². The number of nitrogens with one attached hydrogen (secondary N) is 2. The number of aromatic amines is 1. The second-order valence-electron chi connectivity index (χ2n) is 5.28. The Morgan fingerprint density at radius 1 is 1.42 bits per heavy atom. The van der Waals surface area contributed by atoms with E-state index >= 15 is 0 Å². The standard InChI is InChI=1S/C15H24N4/c1-4-12(8-16-2)9-19(3)10-13-5-6-14-15(7-13)18-11-17-14/h5-7,11-12,16H,4,8-10H2,1-3H3,(H,17,18). The van der Waals surface area contributed by atoms with Crippen LogP contribution in [0, 0.1) is 5.92 Å². The van der Waals surface area contributed by atoms with Gasteiger partial charge in [-0.05, 0) is 44.3 Å². The predicted molar refractivity (Wildman–Crippen MR) is 80.1 cm³/mol. The first-order chi connectivity index (χ1) is 9.22. The zero-order valence-electron chi connectivity index (χ0n) is 12.1. The second-order valence-corrected chi connectivity index (χ2v) is 5.28. The van der Waals surface area contributed by atoms with Gasteiger partial charge in [-0.25, -0.2) is 4.98 Å². The average molecular weight is 260 g/mol. The Morgan fingerprint density at radius 2 is 2.26 bits per heavy atom. The van der Waals surface area contributed by atoms with E-state index in [-0.39, 0.29) is 0 Å². The summed E-state index contributed by atoms with van der Waals surface area (Å²) in [5.74, 6) is 0.714. The third-order valence-corrected chi connectivity index (χ3v) is 3.58. The van der Waals surface area contributed by atoms with E-state index in [1.54, 1.807) is 6.33 Å². The van der Waals surface area contributed by atoms with Gasteiger partial charge >= 0.3 is 0 Å². The fourth-order valence-corrected chi connectivity index (χ4v) is 2.52. The molecule has 4 nitrogen and oxygen atoms in total. The number of hydrogen-bond acceptors (Lipinski definition) is 3. The van der Waals surface area contributed by atoms with Gasteiger partial charge in [0.15, 0.2) is 0 Å². The molecular weight excluding hydrogens is 236 g/mol. The zero-order chi connectivity index (χ0) is 13.7. The van der Waals surface area contributed by atoms with E-state index in [9.17, 15) is 0 Å². The molecule has 0 aliphatic carbocycles. The lowest BCUT2D eigenvalue weighted by atomic mass is 10.1. The van der Waals surface area contributed by atoms with Crippen LogP contribution >= 0.6 is 0 Å². The highest BCUT2D eigenvalue weighted by molar-refractivity contribution is 5.74. The van der Waals surface area contributed by atoms with Gasteiger partial charge in [0.25, 0.3) is 0 Å². The molecule has 2 aromatic rings. The lowest BCUT2D eigenvalue weighted by Crippen LogP contribution is -2.30. The largest absolute Gasteiger partial charge is 0.345 e. The maximum atomic E-state index is 4.25. The minimum Gasteiger partial charge on any atom is -0.345 e. The highest BCUT2D eigenvalue weighted by Gasteiger charge is 2.09. The van der Waals surface area contributed by atoms with Crippen molar-refractivity contribution in [2.24, 2.45) is 5.92 Å². The zero-order valence-corrected chi connectivity index (χ0v) is 12.1. The molecule has 2 rings (SSSR count). The maximum absolute atomic E-state index is 4.25. The number of hydrogen-bond donors (Lipinski definition) is 2. The predicted octanol–water partition coefficient (Wildman–Crippen LogP) is 2.24. The van der Waals surface area contributed by atoms with E-state index in [2.05, 4.69) is 52.4 Å². The van der Waals surface area contributed by atoms with Crippen molar-refractivity contribution in [2.45, 2.75) is 19.9 Å². The molecule has 0 amide bonds. The molecule has 0 radical (unpaired) electrons. The highest BCUT2D eigenvalue weighted by Crippen LogP contribution is 2.14. The number of imidazole rings is 1. The summed E-state index contributed by atoms with van der Waals surface area (Å²) >= 11 is 0. The normalized spacial score (nSPS) is 13.3. The van der Waals surface area contributed by atoms with Gasteiger partial charge in [0.05, 0.1) is 17.4 Å². The third kappa shape index (κ3) is 3.78. The van der Waals surface area contributed by atoms with Crippen molar-refractivity contribution in [3.63, 3.8) is 0 Å². The van der Waals surface area contributed by atoms with Crippen LogP contribution in [0.5, 0.6) is 0 Å². The van der Waals surface area contributed by atoms with E-state index in [0.29, 0.717) is 5.92 Å². The van der Waals surface area contributed by atoms with Gasteiger partial charge in [0.2, 0.25) is 0 Å². The summed E-state index contributed by atoms with van der Waals surface area (Å²) in [6.07, 6.45) is 2.96. The Balaban J connectivity index is 1.95. The molecule has 1 heterocycles. The minimum absolute atomic E-state index is 0.714. The summed E-state index contributed by atoms with van der Waals surface area (Å²) in [6.45, 7) is 5.44. The van der Waals surface area contributed by atoms with Crippen LogP contribution in [0.4, 0.5) is 0 Å². The SMILES string of the molecule is CCC(CNC)CN(C)Cc1ccc2nc[nH]c2c1. The van der Waals surface area contributed by atoms with Crippen molar-refractivity contribution in [1.29, 1.82) is 0 Å². The fraction of sp³-hybridized carbons (Fsp3) is 0.533. The number of H-pyrrole nitrogens is 1. The van der Waals surface area contributed by atoms with Gasteiger partial charge in [-0.2, -0.15) is 0 Å². The lowest BCUT2D eigenvalue weighted by Gasteiger charge is -2.23. The molecule has 1 unspecified atom stereocenters. The van der Waals surface area contributed by atoms with Crippen LogP contribution in [0.3, 0.4) is 0 Å². The summed E-state index contributed by atoms with van der Waals surface area (Å²) in [5, 5.41) is 3.27. The Hall–Kier alpha value is -1.39. The van der Waals surface area contributed by atoms with Crippen LogP contribution in [0.25, 0.3) is 11.0 Å². The van der Waals surface area contributed by atoms with Crippen molar-refractivity contribution in [3.05, 3.63) is 30.1 Å². The summed E-state index contributed by atoms with van der Waals surface area (Å²) in [6, 6.07) is 6.44. The van der Waals surface area contributed by atoms with Crippen LogP contribution in [0.1, 0.15) is 18.9 Å². The van der Waals surface area contributed by atoms with Crippen molar-refractivity contribution in [1.82, 2.24) is 20.2 Å².